The molecule has 1 amide bonds. The van der Waals surface area contributed by atoms with Gasteiger partial charge in [0.2, 0.25) is 26.0 Å². The van der Waals surface area contributed by atoms with Gasteiger partial charge in [0.25, 0.3) is 5.91 Å². The molecular formula is C16H12ClN5O6S2. The molecule has 0 aliphatic rings. The fourth-order valence-corrected chi connectivity index (χ4v) is 3.80. The number of carbonyl (C=O) groups excluding carboxylic acids is 1. The molecule has 14 heteroatoms. The number of nitrogens with one attached hydrogen (secondary N) is 2. The van der Waals surface area contributed by atoms with Crippen LogP contribution in [0.3, 0.4) is 0 Å². The van der Waals surface area contributed by atoms with Crippen LogP contribution >= 0.6 is 22.9 Å². The van der Waals surface area contributed by atoms with E-state index in [2.05, 4.69) is 20.2 Å². The van der Waals surface area contributed by atoms with Crippen LogP contribution in [-0.2, 0) is 10.0 Å². The van der Waals surface area contributed by atoms with E-state index in [1.165, 1.54) is 42.5 Å². The van der Waals surface area contributed by atoms with Crippen LogP contribution < -0.4 is 14.8 Å². The molecule has 156 valence electrons. The number of carbonyl (C=O) groups is 1. The van der Waals surface area contributed by atoms with Crippen LogP contribution in [0.2, 0.25) is 5.02 Å². The topological polar surface area (TPSA) is 153 Å². The zero-order chi connectivity index (χ0) is 21.9. The normalized spacial score (nSPS) is 11.0. The van der Waals surface area contributed by atoms with Crippen molar-refractivity contribution in [2.75, 3.05) is 16.3 Å². The van der Waals surface area contributed by atoms with Crippen LogP contribution in [0, 0.1) is 10.1 Å². The number of nitrogens with zero attached hydrogens (tertiary/aromatic N) is 3. The molecule has 0 unspecified atom stereocenters. The maximum atomic E-state index is 12.3. The van der Waals surface area contributed by atoms with E-state index < -0.39 is 20.9 Å². The number of ether oxygens (including phenoxy) is 1. The molecule has 11 nitrogen and oxygen atoms in total. The Balaban J connectivity index is 1.69. The van der Waals surface area contributed by atoms with Crippen LogP contribution in [0.1, 0.15) is 10.4 Å². The second kappa shape index (κ2) is 8.61. The van der Waals surface area contributed by atoms with Crippen LogP contribution in [0.5, 0.6) is 11.5 Å². The fraction of sp³-hybridized carbons (Fsp3) is 0.0625. The van der Waals surface area contributed by atoms with Crippen molar-refractivity contribution in [1.82, 2.24) is 10.2 Å². The summed E-state index contributed by atoms with van der Waals surface area (Å²) in [7, 11) is -3.50. The molecule has 0 aliphatic carbocycles. The first kappa shape index (κ1) is 21.4. The third kappa shape index (κ3) is 5.62. The molecule has 0 spiro atoms. The number of hydrogen-bond acceptors (Lipinski definition) is 9. The number of hydrogen-bond donors (Lipinski definition) is 2. The Morgan fingerprint density at radius 3 is 2.47 bits per heavy atom. The van der Waals surface area contributed by atoms with Gasteiger partial charge in [0.05, 0.1) is 11.2 Å². The summed E-state index contributed by atoms with van der Waals surface area (Å²) in [5.41, 5.74) is -0.0418. The van der Waals surface area contributed by atoms with E-state index in [9.17, 15) is 23.3 Å². The highest BCUT2D eigenvalue weighted by Gasteiger charge is 2.17. The van der Waals surface area contributed by atoms with Gasteiger partial charge in [-0.1, -0.05) is 22.9 Å². The summed E-state index contributed by atoms with van der Waals surface area (Å²) in [6.45, 7) is 0. The van der Waals surface area contributed by atoms with E-state index in [-0.39, 0.29) is 38.0 Å². The number of aromatic nitrogens is 2. The van der Waals surface area contributed by atoms with E-state index in [4.69, 9.17) is 16.3 Å². The highest BCUT2D eigenvalue weighted by Crippen LogP contribution is 2.33. The Kier molecular flexibility index (Phi) is 6.14. The molecule has 0 saturated heterocycles. The van der Waals surface area contributed by atoms with E-state index in [0.717, 1.165) is 17.6 Å². The number of nitro benzene ring substituents is 1. The minimum atomic E-state index is -3.50. The minimum absolute atomic E-state index is 0.00127. The second-order valence-corrected chi connectivity index (χ2v) is 8.90. The molecule has 1 heterocycles. The quantitative estimate of drug-likeness (QED) is 0.393. The van der Waals surface area contributed by atoms with Crippen molar-refractivity contribution >= 4 is 54.8 Å². The Bertz CT molecular complexity index is 1210. The number of rotatable bonds is 7. The Labute approximate surface area is 178 Å². The molecule has 0 saturated carbocycles. The predicted molar refractivity (Wildman–Crippen MR) is 111 cm³/mol. The van der Waals surface area contributed by atoms with Gasteiger partial charge in [-0.05, 0) is 36.4 Å². The number of halogens is 1. The number of anilines is 2. The van der Waals surface area contributed by atoms with Crippen LogP contribution in [-0.4, -0.2) is 35.7 Å². The molecule has 0 aliphatic heterocycles. The van der Waals surface area contributed by atoms with Gasteiger partial charge in [-0.25, -0.2) is 8.42 Å². The predicted octanol–water partition coefficient (Wildman–Crippen LogP) is 3.52. The lowest BCUT2D eigenvalue weighted by Gasteiger charge is -2.07. The number of nitro groups is 1. The van der Waals surface area contributed by atoms with E-state index in [0.29, 0.717) is 0 Å². The summed E-state index contributed by atoms with van der Waals surface area (Å²) < 4.78 is 30.0. The number of sulfonamides is 1. The highest BCUT2D eigenvalue weighted by molar-refractivity contribution is 7.92. The number of benzene rings is 2. The Morgan fingerprint density at radius 1 is 1.17 bits per heavy atom. The maximum Gasteiger partial charge on any atom is 0.313 e. The summed E-state index contributed by atoms with van der Waals surface area (Å²) in [5, 5.41) is 21.2. The minimum Gasteiger partial charge on any atom is -0.450 e. The van der Waals surface area contributed by atoms with Gasteiger partial charge in [-0.3, -0.25) is 24.9 Å². The average molecular weight is 470 g/mol. The van der Waals surface area contributed by atoms with Crippen molar-refractivity contribution in [1.29, 1.82) is 0 Å². The van der Waals surface area contributed by atoms with Gasteiger partial charge in [0.15, 0.2) is 0 Å². The zero-order valence-corrected chi connectivity index (χ0v) is 17.4. The van der Waals surface area contributed by atoms with Gasteiger partial charge in [-0.2, -0.15) is 0 Å². The summed E-state index contributed by atoms with van der Waals surface area (Å²) in [6.07, 6.45) is 0.967. The fourth-order valence-electron chi connectivity index (χ4n) is 2.16. The molecular weight excluding hydrogens is 458 g/mol. The molecule has 0 atom stereocenters. The summed E-state index contributed by atoms with van der Waals surface area (Å²) in [4.78, 5) is 22.8. The lowest BCUT2D eigenvalue weighted by atomic mass is 10.2. The molecule has 0 fully saturated rings. The van der Waals surface area contributed by atoms with Crippen molar-refractivity contribution < 1.29 is 22.9 Å². The van der Waals surface area contributed by atoms with Crippen LogP contribution in [0.15, 0.2) is 42.5 Å². The van der Waals surface area contributed by atoms with Gasteiger partial charge < -0.3 is 4.74 Å². The molecule has 2 N–H and O–H groups in total. The summed E-state index contributed by atoms with van der Waals surface area (Å²) >= 11 is 6.62. The SMILES string of the molecule is CS(=O)(=O)Nc1nnc(NC(=O)c2ccc(Oc3ccc(Cl)cc3[N+](=O)[O-])cc2)s1. The Morgan fingerprint density at radius 2 is 1.83 bits per heavy atom. The van der Waals surface area contributed by atoms with Crippen LogP contribution in [0.4, 0.5) is 16.0 Å². The lowest BCUT2D eigenvalue weighted by Crippen LogP contribution is -2.11. The van der Waals surface area contributed by atoms with Crippen molar-refractivity contribution in [3.05, 3.63) is 63.2 Å². The third-order valence-corrected chi connectivity index (χ3v) is 5.06. The average Bonchev–Trinajstić information content (AvgIpc) is 3.08. The van der Waals surface area contributed by atoms with E-state index in [1.54, 1.807) is 0 Å². The molecule has 3 aromatic rings. The zero-order valence-electron chi connectivity index (χ0n) is 15.0. The largest absolute Gasteiger partial charge is 0.450 e. The molecule has 3 rings (SSSR count). The van der Waals surface area contributed by atoms with Crippen molar-refractivity contribution in [2.45, 2.75) is 0 Å². The van der Waals surface area contributed by atoms with Crippen molar-refractivity contribution in [2.24, 2.45) is 0 Å². The van der Waals surface area contributed by atoms with E-state index >= 15 is 0 Å². The monoisotopic (exact) mass is 469 g/mol. The third-order valence-electron chi connectivity index (χ3n) is 3.38. The maximum absolute atomic E-state index is 12.3. The molecule has 0 bridgehead atoms. The molecule has 2 aromatic carbocycles. The molecule has 30 heavy (non-hydrogen) atoms. The lowest BCUT2D eigenvalue weighted by molar-refractivity contribution is -0.385. The molecule has 1 aromatic heterocycles. The van der Waals surface area contributed by atoms with Crippen molar-refractivity contribution in [3.8, 4) is 11.5 Å². The highest BCUT2D eigenvalue weighted by atomic mass is 35.5. The van der Waals surface area contributed by atoms with Gasteiger partial charge in [0, 0.05) is 16.7 Å². The van der Waals surface area contributed by atoms with Crippen LogP contribution in [0.25, 0.3) is 0 Å². The van der Waals surface area contributed by atoms with Gasteiger partial charge in [-0.15, -0.1) is 10.2 Å². The summed E-state index contributed by atoms with van der Waals surface area (Å²) in [5.74, 6) is -0.241. The standard InChI is InChI=1S/C16H12ClN5O6S2/c1-30(26,27)21-16-20-19-15(29-16)18-14(23)9-2-5-11(6-3-9)28-13-7-4-10(17)8-12(13)22(24)25/h2-8H,1H3,(H,20,21)(H,18,19,23). The first-order chi connectivity index (χ1) is 14.1. The second-order valence-electron chi connectivity index (χ2n) is 5.74. The Hall–Kier alpha value is -3.29. The van der Waals surface area contributed by atoms with Gasteiger partial charge in [0.1, 0.15) is 5.75 Å². The first-order valence-electron chi connectivity index (χ1n) is 7.95. The van der Waals surface area contributed by atoms with Crippen molar-refractivity contribution in [3.63, 3.8) is 0 Å². The molecule has 0 radical (unpaired) electrons. The first-order valence-corrected chi connectivity index (χ1v) is 11.0. The number of amides is 1. The smallest absolute Gasteiger partial charge is 0.313 e. The van der Waals surface area contributed by atoms with E-state index in [1.807, 2.05) is 0 Å². The summed E-state index contributed by atoms with van der Waals surface area (Å²) in [6, 6.07) is 9.83. The van der Waals surface area contributed by atoms with Gasteiger partial charge >= 0.3 is 5.69 Å².